The Balaban J connectivity index is 1.75. The maximum Gasteiger partial charge on any atom is 0.405 e. The first kappa shape index (κ1) is 21.4. The van der Waals surface area contributed by atoms with E-state index in [2.05, 4.69) is 15.9 Å². The minimum atomic E-state index is -4.87. The molecule has 0 bridgehead atoms. The Morgan fingerprint density at radius 2 is 1.97 bits per heavy atom. The SMILES string of the molecule is N#Cc1ccc2cc(Br)c(C(F)(F)P3(=O)OCCC(c4cccc(Cl)c4)O3)cc2c1. The van der Waals surface area contributed by atoms with Gasteiger partial charge in [0.1, 0.15) is 0 Å². The second-order valence-electron chi connectivity index (χ2n) is 6.82. The number of rotatable bonds is 3. The van der Waals surface area contributed by atoms with Crippen LogP contribution in [0.1, 0.15) is 29.2 Å². The summed E-state index contributed by atoms with van der Waals surface area (Å²) in [6.45, 7) is -0.145. The van der Waals surface area contributed by atoms with Crippen LogP contribution in [-0.4, -0.2) is 6.61 Å². The van der Waals surface area contributed by atoms with Gasteiger partial charge >= 0.3 is 13.3 Å². The van der Waals surface area contributed by atoms with Crippen LogP contribution in [0, 0.1) is 11.3 Å². The van der Waals surface area contributed by atoms with Gasteiger partial charge in [-0.15, -0.1) is 0 Å². The van der Waals surface area contributed by atoms with Crippen molar-refractivity contribution in [2.24, 2.45) is 0 Å². The van der Waals surface area contributed by atoms with Gasteiger partial charge in [-0.1, -0.05) is 45.7 Å². The van der Waals surface area contributed by atoms with E-state index in [1.807, 2.05) is 6.07 Å². The molecule has 2 unspecified atom stereocenters. The second-order valence-corrected chi connectivity index (χ2v) is 10.1. The average Bonchev–Trinajstić information content (AvgIpc) is 2.72. The lowest BCUT2D eigenvalue weighted by Gasteiger charge is -2.34. The van der Waals surface area contributed by atoms with Crippen molar-refractivity contribution in [3.05, 3.63) is 80.8 Å². The molecule has 0 aromatic heterocycles. The third-order valence-corrected chi connectivity index (χ3v) is 7.73. The molecule has 4 rings (SSSR count). The number of halogens is 4. The van der Waals surface area contributed by atoms with Crippen molar-refractivity contribution < 1.29 is 22.4 Å². The molecule has 3 aromatic carbocycles. The molecule has 9 heteroatoms. The fourth-order valence-electron chi connectivity index (χ4n) is 3.33. The topological polar surface area (TPSA) is 59.3 Å². The van der Waals surface area contributed by atoms with Crippen molar-refractivity contribution in [2.45, 2.75) is 18.2 Å². The number of hydrogen-bond donors (Lipinski definition) is 0. The molecule has 1 saturated heterocycles. The highest BCUT2D eigenvalue weighted by Crippen LogP contribution is 2.71. The Morgan fingerprint density at radius 1 is 1.17 bits per heavy atom. The van der Waals surface area contributed by atoms with Gasteiger partial charge in [-0.3, -0.25) is 9.09 Å². The lowest BCUT2D eigenvalue weighted by atomic mass is 10.0. The minimum absolute atomic E-state index is 0.0667. The van der Waals surface area contributed by atoms with E-state index >= 15 is 8.78 Å². The first-order valence-electron chi connectivity index (χ1n) is 8.94. The molecule has 0 spiro atoms. The van der Waals surface area contributed by atoms with Crippen LogP contribution in [0.25, 0.3) is 10.8 Å². The van der Waals surface area contributed by atoms with E-state index in [0.29, 0.717) is 26.9 Å². The van der Waals surface area contributed by atoms with Crippen molar-refractivity contribution in [2.75, 3.05) is 6.61 Å². The molecule has 0 aliphatic carbocycles. The van der Waals surface area contributed by atoms with Crippen LogP contribution in [0.3, 0.4) is 0 Å². The predicted molar refractivity (Wildman–Crippen MR) is 114 cm³/mol. The maximum absolute atomic E-state index is 15.5. The monoisotopic (exact) mass is 511 g/mol. The first-order valence-corrected chi connectivity index (χ1v) is 11.6. The van der Waals surface area contributed by atoms with Crippen molar-refractivity contribution >= 4 is 45.9 Å². The molecule has 3 aromatic rings. The van der Waals surface area contributed by atoms with Crippen LogP contribution >= 0.6 is 35.1 Å². The van der Waals surface area contributed by atoms with E-state index in [1.165, 1.54) is 18.2 Å². The fraction of sp³-hybridized carbons (Fsp3) is 0.190. The summed E-state index contributed by atoms with van der Waals surface area (Å²) in [4.78, 5) is 0. The summed E-state index contributed by atoms with van der Waals surface area (Å²) in [5.41, 5.74) is -3.56. The molecule has 1 fully saturated rings. The highest BCUT2D eigenvalue weighted by atomic mass is 79.9. The van der Waals surface area contributed by atoms with E-state index in [-0.39, 0.29) is 17.5 Å². The van der Waals surface area contributed by atoms with Gasteiger partial charge in [-0.2, -0.15) is 14.0 Å². The molecule has 1 heterocycles. The molecule has 2 atom stereocenters. The third-order valence-electron chi connectivity index (χ3n) is 4.85. The second kappa shape index (κ2) is 8.03. The maximum atomic E-state index is 15.5. The van der Waals surface area contributed by atoms with Gasteiger partial charge in [0.2, 0.25) is 0 Å². The number of benzene rings is 3. The zero-order chi connectivity index (χ0) is 21.5. The van der Waals surface area contributed by atoms with Crippen LogP contribution in [0.2, 0.25) is 5.02 Å². The zero-order valence-corrected chi connectivity index (χ0v) is 18.6. The number of nitriles is 1. The van der Waals surface area contributed by atoms with Gasteiger partial charge in [-0.05, 0) is 52.7 Å². The third kappa shape index (κ3) is 3.79. The average molecular weight is 513 g/mol. The summed E-state index contributed by atoms with van der Waals surface area (Å²) in [5, 5.41) is 10.6. The van der Waals surface area contributed by atoms with E-state index in [1.54, 1.807) is 36.4 Å². The number of alkyl halides is 2. The molecule has 30 heavy (non-hydrogen) atoms. The lowest BCUT2D eigenvalue weighted by molar-refractivity contribution is -0.00547. The number of nitrogens with zero attached hydrogens (tertiary/aromatic N) is 1. The summed E-state index contributed by atoms with van der Waals surface area (Å²) < 4.78 is 54.8. The standard InChI is InChI=1S/C21H14BrClF2NO3P/c22-19-11-14-5-4-13(12-26)8-16(14)10-18(19)21(24,25)30(27)28-7-6-20(29-30)15-2-1-3-17(23)9-15/h1-5,8-11,20H,6-7H2. The molecule has 1 aliphatic rings. The van der Waals surface area contributed by atoms with Crippen LogP contribution in [0.15, 0.2) is 59.1 Å². The number of hydrogen-bond acceptors (Lipinski definition) is 4. The fourth-order valence-corrected chi connectivity index (χ4v) is 6.04. The zero-order valence-electron chi connectivity index (χ0n) is 15.3. The van der Waals surface area contributed by atoms with Gasteiger partial charge < -0.3 is 4.52 Å². The minimum Gasteiger partial charge on any atom is -0.304 e. The van der Waals surface area contributed by atoms with E-state index < -0.39 is 24.9 Å². The van der Waals surface area contributed by atoms with Crippen LogP contribution in [0.4, 0.5) is 8.78 Å². The van der Waals surface area contributed by atoms with Crippen molar-refractivity contribution in [3.8, 4) is 6.07 Å². The van der Waals surface area contributed by atoms with Gasteiger partial charge in [-0.25, -0.2) is 0 Å². The first-order chi connectivity index (χ1) is 14.2. The normalized spacial score (nSPS) is 22.0. The van der Waals surface area contributed by atoms with E-state index in [0.717, 1.165) is 0 Å². The molecule has 0 saturated carbocycles. The Morgan fingerprint density at radius 3 is 2.70 bits per heavy atom. The highest BCUT2D eigenvalue weighted by molar-refractivity contribution is 9.10. The molecule has 0 N–H and O–H groups in total. The molecule has 154 valence electrons. The molecule has 4 nitrogen and oxygen atoms in total. The van der Waals surface area contributed by atoms with Gasteiger partial charge in [0.25, 0.3) is 0 Å². The van der Waals surface area contributed by atoms with Gasteiger partial charge in [0, 0.05) is 21.5 Å². The Kier molecular flexibility index (Phi) is 5.73. The summed E-state index contributed by atoms with van der Waals surface area (Å²) in [6, 6.07) is 16.0. The smallest absolute Gasteiger partial charge is 0.304 e. The van der Waals surface area contributed by atoms with Crippen molar-refractivity contribution in [3.63, 3.8) is 0 Å². The van der Waals surface area contributed by atoms with Crippen LogP contribution in [-0.2, 0) is 19.3 Å². The highest BCUT2D eigenvalue weighted by Gasteiger charge is 2.58. The molecule has 0 radical (unpaired) electrons. The molecular formula is C21H14BrClF2NO3P. The molecule has 1 aliphatic heterocycles. The van der Waals surface area contributed by atoms with E-state index in [9.17, 15) is 4.57 Å². The Bertz CT molecular complexity index is 1230. The largest absolute Gasteiger partial charge is 0.405 e. The predicted octanol–water partition coefficient (Wildman–Crippen LogP) is 7.55. The van der Waals surface area contributed by atoms with Gasteiger partial charge in [0.15, 0.2) is 0 Å². The molecular weight excluding hydrogens is 499 g/mol. The summed E-state index contributed by atoms with van der Waals surface area (Å²) in [7, 11) is -4.87. The van der Waals surface area contributed by atoms with Crippen LogP contribution in [0.5, 0.6) is 0 Å². The van der Waals surface area contributed by atoms with Gasteiger partial charge in [0.05, 0.1) is 24.3 Å². The molecule has 0 amide bonds. The van der Waals surface area contributed by atoms with Crippen molar-refractivity contribution in [1.82, 2.24) is 0 Å². The lowest BCUT2D eigenvalue weighted by Crippen LogP contribution is -2.24. The van der Waals surface area contributed by atoms with E-state index in [4.69, 9.17) is 25.9 Å². The van der Waals surface area contributed by atoms with Crippen molar-refractivity contribution in [1.29, 1.82) is 5.26 Å². The Labute approximate surface area is 185 Å². The summed E-state index contributed by atoms with van der Waals surface area (Å²) >= 11 is 9.14. The summed E-state index contributed by atoms with van der Waals surface area (Å²) in [6.07, 6.45) is -0.566. The Hall–Kier alpha value is -1.81. The summed E-state index contributed by atoms with van der Waals surface area (Å²) in [5.74, 6) is 0. The number of fused-ring (bicyclic) bond motifs is 1. The quantitative estimate of drug-likeness (QED) is 0.340. The van der Waals surface area contributed by atoms with Crippen LogP contribution < -0.4 is 0 Å².